The highest BCUT2D eigenvalue weighted by Crippen LogP contribution is 2.38. The molecule has 33 heavy (non-hydrogen) atoms. The lowest BCUT2D eigenvalue weighted by Gasteiger charge is -2.27. The first-order chi connectivity index (χ1) is 15.9. The van der Waals surface area contributed by atoms with Gasteiger partial charge in [0.15, 0.2) is 23.3 Å². The van der Waals surface area contributed by atoms with Gasteiger partial charge in [-0.15, -0.1) is 0 Å². The van der Waals surface area contributed by atoms with Crippen LogP contribution in [0.4, 0.5) is 17.6 Å². The molecule has 1 saturated carbocycles. The van der Waals surface area contributed by atoms with E-state index in [0.29, 0.717) is 29.0 Å². The van der Waals surface area contributed by atoms with Crippen molar-refractivity contribution in [3.63, 3.8) is 0 Å². The predicted molar refractivity (Wildman–Crippen MR) is 127 cm³/mol. The van der Waals surface area contributed by atoms with Crippen molar-refractivity contribution in [3.05, 3.63) is 94.1 Å². The van der Waals surface area contributed by atoms with Crippen LogP contribution in [-0.2, 0) is 6.42 Å². The predicted octanol–water partition coefficient (Wildman–Crippen LogP) is 8.94. The van der Waals surface area contributed by atoms with Crippen molar-refractivity contribution in [1.29, 1.82) is 0 Å². The highest BCUT2D eigenvalue weighted by molar-refractivity contribution is 5.72. The van der Waals surface area contributed by atoms with Crippen LogP contribution in [0.5, 0.6) is 0 Å². The van der Waals surface area contributed by atoms with E-state index in [-0.39, 0.29) is 17.0 Å². The summed E-state index contributed by atoms with van der Waals surface area (Å²) in [6.07, 6.45) is 7.47. The van der Waals surface area contributed by atoms with Gasteiger partial charge in [0.05, 0.1) is 0 Å². The molecule has 0 amide bonds. The second-order valence-electron chi connectivity index (χ2n) is 9.04. The molecule has 0 radical (unpaired) electrons. The van der Waals surface area contributed by atoms with Crippen LogP contribution in [0.25, 0.3) is 23.3 Å². The molecule has 1 aliphatic rings. The van der Waals surface area contributed by atoms with Gasteiger partial charge in [-0.1, -0.05) is 87.4 Å². The maximum Gasteiger partial charge on any atom is 0.166 e. The number of aryl methyl sites for hydroxylation is 1. The third-order valence-corrected chi connectivity index (χ3v) is 6.82. The van der Waals surface area contributed by atoms with Gasteiger partial charge in [-0.3, -0.25) is 0 Å². The fourth-order valence-corrected chi connectivity index (χ4v) is 4.64. The average molecular weight is 453 g/mol. The summed E-state index contributed by atoms with van der Waals surface area (Å²) in [5.41, 5.74) is 2.51. The van der Waals surface area contributed by atoms with E-state index < -0.39 is 23.3 Å². The summed E-state index contributed by atoms with van der Waals surface area (Å²) in [4.78, 5) is 0. The van der Waals surface area contributed by atoms with Crippen molar-refractivity contribution in [2.75, 3.05) is 0 Å². The van der Waals surface area contributed by atoms with E-state index in [4.69, 9.17) is 0 Å². The van der Waals surface area contributed by atoms with Crippen molar-refractivity contribution < 1.29 is 17.6 Å². The van der Waals surface area contributed by atoms with Gasteiger partial charge >= 0.3 is 0 Å². The fraction of sp³-hybridized carbons (Fsp3) is 0.310. The Balaban J connectivity index is 1.53. The molecule has 0 unspecified atom stereocenters. The zero-order valence-corrected chi connectivity index (χ0v) is 19.0. The Bertz CT molecular complexity index is 1150. The lowest BCUT2D eigenvalue weighted by Crippen LogP contribution is -2.13. The lowest BCUT2D eigenvalue weighted by atomic mass is 9.79. The number of benzene rings is 3. The van der Waals surface area contributed by atoms with Gasteiger partial charge in [0.25, 0.3) is 0 Å². The Morgan fingerprint density at radius 2 is 1.42 bits per heavy atom. The van der Waals surface area contributed by atoms with Gasteiger partial charge < -0.3 is 0 Å². The van der Waals surface area contributed by atoms with Crippen molar-refractivity contribution in [3.8, 4) is 11.1 Å². The Morgan fingerprint density at radius 3 is 2.09 bits per heavy atom. The lowest BCUT2D eigenvalue weighted by molar-refractivity contribution is 0.339. The molecule has 0 heterocycles. The Labute approximate surface area is 193 Å². The zero-order chi connectivity index (χ0) is 23.5. The van der Waals surface area contributed by atoms with E-state index >= 15 is 0 Å². The molecule has 3 aromatic carbocycles. The van der Waals surface area contributed by atoms with Crippen LogP contribution in [0.2, 0.25) is 0 Å². The normalized spacial score (nSPS) is 18.7. The first-order valence-electron chi connectivity index (χ1n) is 11.6. The van der Waals surface area contributed by atoms with Crippen LogP contribution in [-0.4, -0.2) is 0 Å². The van der Waals surface area contributed by atoms with Crippen LogP contribution in [0.3, 0.4) is 0 Å². The molecule has 0 N–H and O–H groups in total. The van der Waals surface area contributed by atoms with Gasteiger partial charge in [0.1, 0.15) is 0 Å². The Kier molecular flexibility index (Phi) is 7.02. The fourth-order valence-electron chi connectivity index (χ4n) is 4.64. The zero-order valence-electron chi connectivity index (χ0n) is 19.0. The van der Waals surface area contributed by atoms with Crippen molar-refractivity contribution in [2.24, 2.45) is 5.92 Å². The van der Waals surface area contributed by atoms with E-state index in [1.807, 2.05) is 0 Å². The van der Waals surface area contributed by atoms with E-state index in [0.717, 1.165) is 31.2 Å². The number of hydrogen-bond acceptors (Lipinski definition) is 0. The van der Waals surface area contributed by atoms with Gasteiger partial charge in [-0.05, 0) is 53.4 Å². The largest absolute Gasteiger partial charge is 0.203 e. The average Bonchev–Trinajstić information content (AvgIpc) is 2.83. The summed E-state index contributed by atoms with van der Waals surface area (Å²) < 4.78 is 58.0. The summed E-state index contributed by atoms with van der Waals surface area (Å²) in [7, 11) is 0. The second-order valence-corrected chi connectivity index (χ2v) is 9.04. The number of hydrogen-bond donors (Lipinski definition) is 0. The van der Waals surface area contributed by atoms with Crippen LogP contribution in [0.1, 0.15) is 67.7 Å². The van der Waals surface area contributed by atoms with E-state index in [9.17, 15) is 17.6 Å². The molecule has 4 rings (SSSR count). The van der Waals surface area contributed by atoms with Gasteiger partial charge in [0, 0.05) is 11.1 Å². The molecular weight excluding hydrogens is 424 g/mol. The third kappa shape index (κ3) is 4.90. The molecule has 172 valence electrons. The van der Waals surface area contributed by atoms with Crippen LogP contribution in [0, 0.1) is 29.2 Å². The molecule has 1 aliphatic carbocycles. The molecule has 0 spiro atoms. The van der Waals surface area contributed by atoms with E-state index in [2.05, 4.69) is 6.92 Å². The maximum atomic E-state index is 14.9. The molecule has 0 aliphatic heterocycles. The van der Waals surface area contributed by atoms with Crippen molar-refractivity contribution >= 4 is 12.2 Å². The van der Waals surface area contributed by atoms with Gasteiger partial charge in [0.2, 0.25) is 0 Å². The number of rotatable bonds is 5. The molecule has 1 fully saturated rings. The van der Waals surface area contributed by atoms with Crippen LogP contribution in [0.15, 0.2) is 48.5 Å². The Morgan fingerprint density at radius 1 is 0.727 bits per heavy atom. The topological polar surface area (TPSA) is 0 Å². The summed E-state index contributed by atoms with van der Waals surface area (Å²) >= 11 is 0. The van der Waals surface area contributed by atoms with E-state index in [1.165, 1.54) is 6.08 Å². The monoisotopic (exact) mass is 452 g/mol. The molecule has 0 atom stereocenters. The molecule has 3 aromatic rings. The van der Waals surface area contributed by atoms with Crippen LogP contribution < -0.4 is 0 Å². The third-order valence-electron chi connectivity index (χ3n) is 6.82. The molecule has 0 nitrogen and oxygen atoms in total. The standard InChI is InChI=1S/C29H28F4/c1-3-20-14-15-23(27(31)26(20)30)13-8-19-6-11-22(12-7-19)25-17-16-24(28(32)29(25)33)21-9-4-18(2)5-10-21/h6-8,11-18,21H,3-5,9-10H2,1-2H3/b13-8+. The molecule has 0 aromatic heterocycles. The van der Waals surface area contributed by atoms with Gasteiger partial charge in [-0.25, -0.2) is 17.6 Å². The minimum atomic E-state index is -0.868. The maximum absolute atomic E-state index is 14.9. The highest BCUT2D eigenvalue weighted by Gasteiger charge is 2.25. The molecule has 4 heteroatoms. The highest BCUT2D eigenvalue weighted by atomic mass is 19.2. The van der Waals surface area contributed by atoms with Crippen molar-refractivity contribution in [1.82, 2.24) is 0 Å². The minimum Gasteiger partial charge on any atom is -0.203 e. The summed E-state index contributed by atoms with van der Waals surface area (Å²) in [5, 5.41) is 0. The first kappa shape index (κ1) is 23.3. The summed E-state index contributed by atoms with van der Waals surface area (Å²) in [6, 6.07) is 13.4. The summed E-state index contributed by atoms with van der Waals surface area (Å²) in [6.45, 7) is 3.97. The summed E-state index contributed by atoms with van der Waals surface area (Å²) in [5.74, 6) is -2.53. The quantitative estimate of drug-likeness (QED) is 0.268. The van der Waals surface area contributed by atoms with Crippen LogP contribution >= 0.6 is 0 Å². The minimum absolute atomic E-state index is 0.0777. The second kappa shape index (κ2) is 9.94. The Hall–Kier alpha value is -2.88. The number of halogens is 4. The smallest absolute Gasteiger partial charge is 0.166 e. The SMILES string of the molecule is CCc1ccc(/C=C/c2ccc(-c3ccc(C4CCC(C)CC4)c(F)c3F)cc2)c(F)c1F. The molecule has 0 bridgehead atoms. The van der Waals surface area contributed by atoms with Crippen molar-refractivity contribution in [2.45, 2.75) is 51.9 Å². The molecule has 0 saturated heterocycles. The first-order valence-corrected chi connectivity index (χ1v) is 11.6. The van der Waals surface area contributed by atoms with E-state index in [1.54, 1.807) is 61.5 Å². The molecular formula is C29H28F4. The van der Waals surface area contributed by atoms with Gasteiger partial charge in [-0.2, -0.15) is 0 Å².